The highest BCUT2D eigenvalue weighted by atomic mass is 32.1. The summed E-state index contributed by atoms with van der Waals surface area (Å²) in [4.78, 5) is 35.3. The molecular weight excluding hydrogens is 442 g/mol. The molecule has 1 aromatic heterocycles. The number of amides is 2. The number of alkyl carbamates (subject to hydrolysis) is 1. The Morgan fingerprint density at radius 2 is 1.73 bits per heavy atom. The summed E-state index contributed by atoms with van der Waals surface area (Å²) in [5, 5.41) is 14.2. The minimum absolute atomic E-state index is 0.0497. The Labute approximate surface area is 193 Å². The van der Waals surface area contributed by atoms with Crippen molar-refractivity contribution in [3.63, 3.8) is 0 Å². The van der Waals surface area contributed by atoms with E-state index in [1.807, 2.05) is 36.4 Å². The maximum absolute atomic E-state index is 12.1. The van der Waals surface area contributed by atoms with Gasteiger partial charge < -0.3 is 20.5 Å². The smallest absolute Gasteiger partial charge is 0.407 e. The Morgan fingerprint density at radius 3 is 2.36 bits per heavy atom. The van der Waals surface area contributed by atoms with E-state index in [0.29, 0.717) is 5.69 Å². The average Bonchev–Trinajstić information content (AvgIpc) is 3.33. The van der Waals surface area contributed by atoms with Gasteiger partial charge in [-0.1, -0.05) is 54.5 Å². The molecule has 3 N–H and O–H groups in total. The van der Waals surface area contributed by atoms with Gasteiger partial charge in [0.2, 0.25) is 0 Å². The van der Waals surface area contributed by atoms with E-state index in [4.69, 9.17) is 4.74 Å². The van der Waals surface area contributed by atoms with Crippen LogP contribution in [0.4, 0.5) is 9.80 Å². The summed E-state index contributed by atoms with van der Waals surface area (Å²) in [5.41, 5.74) is 4.76. The molecule has 0 saturated heterocycles. The minimum Gasteiger partial charge on any atom is -0.478 e. The van der Waals surface area contributed by atoms with Gasteiger partial charge >= 0.3 is 18.0 Å². The van der Waals surface area contributed by atoms with Gasteiger partial charge in [0.15, 0.2) is 0 Å². The van der Waals surface area contributed by atoms with Crippen LogP contribution in [0.2, 0.25) is 0 Å². The fourth-order valence-corrected chi connectivity index (χ4v) is 4.52. The van der Waals surface area contributed by atoms with Gasteiger partial charge in [0.05, 0.1) is 12.2 Å². The van der Waals surface area contributed by atoms with Crippen LogP contribution in [0.3, 0.4) is 0 Å². The van der Waals surface area contributed by atoms with E-state index in [1.165, 1.54) is 0 Å². The number of carboxylic acids is 1. The molecule has 0 fully saturated rings. The van der Waals surface area contributed by atoms with E-state index < -0.39 is 18.0 Å². The number of nitrogens with one attached hydrogen (secondary N) is 2. The Kier molecular flexibility index (Phi) is 6.38. The van der Waals surface area contributed by atoms with E-state index in [2.05, 4.69) is 39.0 Å². The van der Waals surface area contributed by atoms with Gasteiger partial charge in [-0.15, -0.1) is 0 Å². The number of aryl methyl sites for hydroxylation is 1. The minimum atomic E-state index is -1.18. The van der Waals surface area contributed by atoms with Gasteiger partial charge in [0, 0.05) is 5.92 Å². The molecule has 0 aliphatic heterocycles. The third-order valence-electron chi connectivity index (χ3n) is 5.17. The lowest BCUT2D eigenvalue weighted by atomic mass is 9.98. The van der Waals surface area contributed by atoms with Crippen LogP contribution in [-0.4, -0.2) is 40.6 Å². The number of fused-ring (bicyclic) bond motifs is 3. The van der Waals surface area contributed by atoms with Gasteiger partial charge in [0.25, 0.3) is 0 Å². The summed E-state index contributed by atoms with van der Waals surface area (Å²) >= 11 is 0.866. The fraction of sp³-hybridized carbons (Fsp3) is 0.167. The van der Waals surface area contributed by atoms with Crippen molar-refractivity contribution in [2.75, 3.05) is 18.5 Å². The van der Waals surface area contributed by atoms with Crippen molar-refractivity contribution in [3.8, 4) is 23.0 Å². The summed E-state index contributed by atoms with van der Waals surface area (Å²) < 4.78 is 9.31. The van der Waals surface area contributed by atoms with Gasteiger partial charge in [0.1, 0.15) is 17.2 Å². The van der Waals surface area contributed by atoms with Crippen LogP contribution < -0.4 is 10.6 Å². The number of carbonyl (C=O) groups is 3. The molecule has 33 heavy (non-hydrogen) atoms. The second-order valence-corrected chi connectivity index (χ2v) is 7.99. The SMILES string of the molecule is Cc1nsc(NC(=O)C#CCNC(=O)OCC2c3ccccc3-c3ccccc32)c1C(=O)O. The average molecular weight is 461 g/mol. The molecule has 1 heterocycles. The third kappa shape index (κ3) is 4.71. The van der Waals surface area contributed by atoms with E-state index in [1.54, 1.807) is 6.92 Å². The molecule has 2 aromatic carbocycles. The Morgan fingerprint density at radius 1 is 1.09 bits per heavy atom. The summed E-state index contributed by atoms with van der Waals surface area (Å²) in [5.74, 6) is 2.89. The molecule has 9 heteroatoms. The second kappa shape index (κ2) is 9.54. The van der Waals surface area contributed by atoms with Gasteiger partial charge in [-0.25, -0.2) is 9.59 Å². The monoisotopic (exact) mass is 461 g/mol. The number of aromatic carboxylic acids is 1. The number of anilines is 1. The molecule has 0 spiro atoms. The predicted octanol–water partition coefficient (Wildman–Crippen LogP) is 3.63. The predicted molar refractivity (Wildman–Crippen MR) is 123 cm³/mol. The molecule has 0 saturated carbocycles. The van der Waals surface area contributed by atoms with E-state index in [9.17, 15) is 19.5 Å². The summed E-state index contributed by atoms with van der Waals surface area (Å²) in [6.07, 6.45) is -0.641. The molecule has 0 bridgehead atoms. The first kappa shape index (κ1) is 22.0. The molecule has 0 atom stereocenters. The van der Waals surface area contributed by atoms with E-state index in [0.717, 1.165) is 33.8 Å². The lowest BCUT2D eigenvalue weighted by Crippen LogP contribution is -2.26. The van der Waals surface area contributed by atoms with Crippen LogP contribution >= 0.6 is 11.5 Å². The molecule has 0 unspecified atom stereocenters. The number of benzene rings is 2. The summed E-state index contributed by atoms with van der Waals surface area (Å²) in [6.45, 7) is 1.62. The number of ether oxygens (including phenoxy) is 1. The Balaban J connectivity index is 1.29. The van der Waals surface area contributed by atoms with Crippen LogP contribution in [0.15, 0.2) is 48.5 Å². The zero-order valence-corrected chi connectivity index (χ0v) is 18.4. The topological polar surface area (TPSA) is 118 Å². The number of aromatic nitrogens is 1. The van der Waals surface area contributed by atoms with Crippen LogP contribution in [0, 0.1) is 18.8 Å². The lowest BCUT2D eigenvalue weighted by Gasteiger charge is -2.14. The zero-order valence-electron chi connectivity index (χ0n) is 17.5. The molecular formula is C24H19N3O5S. The van der Waals surface area contributed by atoms with Crippen molar-refractivity contribution in [3.05, 3.63) is 70.9 Å². The van der Waals surface area contributed by atoms with Crippen molar-refractivity contribution in [2.45, 2.75) is 12.8 Å². The first-order valence-electron chi connectivity index (χ1n) is 10.0. The van der Waals surface area contributed by atoms with Crippen LogP contribution in [0.1, 0.15) is 33.1 Å². The third-order valence-corrected chi connectivity index (χ3v) is 6.02. The molecule has 1 aliphatic rings. The highest BCUT2D eigenvalue weighted by molar-refractivity contribution is 7.11. The summed E-state index contributed by atoms with van der Waals surface area (Å²) in [7, 11) is 0. The molecule has 0 radical (unpaired) electrons. The van der Waals surface area contributed by atoms with Crippen molar-refractivity contribution < 1.29 is 24.2 Å². The van der Waals surface area contributed by atoms with Crippen molar-refractivity contribution in [2.24, 2.45) is 0 Å². The maximum Gasteiger partial charge on any atom is 0.407 e. The molecule has 166 valence electrons. The first-order valence-corrected chi connectivity index (χ1v) is 10.8. The highest BCUT2D eigenvalue weighted by Gasteiger charge is 2.28. The maximum atomic E-state index is 12.1. The van der Waals surface area contributed by atoms with Gasteiger partial charge in [-0.3, -0.25) is 4.79 Å². The number of carbonyl (C=O) groups excluding carboxylic acids is 2. The first-order chi connectivity index (χ1) is 16.0. The normalized spacial score (nSPS) is 11.5. The second-order valence-electron chi connectivity index (χ2n) is 7.21. The number of carboxylic acid groups (broad SMARTS) is 1. The Hall–Kier alpha value is -4.16. The van der Waals surface area contributed by atoms with Crippen molar-refractivity contribution in [1.29, 1.82) is 0 Å². The van der Waals surface area contributed by atoms with Crippen LogP contribution in [0.5, 0.6) is 0 Å². The molecule has 8 nitrogen and oxygen atoms in total. The standard InChI is InChI=1S/C24H19N3O5S/c1-14-21(23(29)30)22(33-27-14)26-20(28)11-6-12-25-24(31)32-13-19-17-9-4-2-7-15(17)16-8-3-5-10-18(16)19/h2-5,7-10,19H,12-13H2,1H3,(H,25,31)(H,26,28)(H,29,30). The van der Waals surface area contributed by atoms with Crippen molar-refractivity contribution in [1.82, 2.24) is 9.69 Å². The zero-order chi connectivity index (χ0) is 23.4. The van der Waals surface area contributed by atoms with Crippen LogP contribution in [0.25, 0.3) is 11.1 Å². The van der Waals surface area contributed by atoms with Gasteiger partial charge in [-0.05, 0) is 46.6 Å². The fourth-order valence-electron chi connectivity index (χ4n) is 3.73. The molecule has 3 aromatic rings. The number of hydrogen-bond donors (Lipinski definition) is 3. The number of rotatable bonds is 5. The van der Waals surface area contributed by atoms with Gasteiger partial charge in [-0.2, -0.15) is 4.37 Å². The molecule has 4 rings (SSSR count). The largest absolute Gasteiger partial charge is 0.478 e. The summed E-state index contributed by atoms with van der Waals surface area (Å²) in [6, 6.07) is 16.1. The lowest BCUT2D eigenvalue weighted by molar-refractivity contribution is -0.111. The van der Waals surface area contributed by atoms with Crippen LogP contribution in [-0.2, 0) is 9.53 Å². The molecule has 1 aliphatic carbocycles. The van der Waals surface area contributed by atoms with E-state index in [-0.39, 0.29) is 29.6 Å². The van der Waals surface area contributed by atoms with Crippen molar-refractivity contribution >= 4 is 34.5 Å². The van der Waals surface area contributed by atoms with E-state index >= 15 is 0 Å². The quantitative estimate of drug-likeness (QED) is 0.500. The Bertz CT molecular complexity index is 1260. The number of hydrogen-bond acceptors (Lipinski definition) is 6. The highest BCUT2D eigenvalue weighted by Crippen LogP contribution is 2.44. The molecule has 2 amide bonds. The number of nitrogens with zero attached hydrogens (tertiary/aromatic N) is 1.